The van der Waals surface area contributed by atoms with Crippen LogP contribution in [-0.2, 0) is 9.47 Å². The third-order valence-corrected chi connectivity index (χ3v) is 1.36. The summed E-state index contributed by atoms with van der Waals surface area (Å²) < 4.78 is 9.76. The van der Waals surface area contributed by atoms with E-state index in [1.165, 1.54) is 0 Å². The quantitative estimate of drug-likeness (QED) is 0.327. The lowest BCUT2D eigenvalue weighted by molar-refractivity contribution is -0.140. The molecule has 0 aliphatic heterocycles. The fraction of sp³-hybridized carbons (Fsp3) is 1.00. The Morgan fingerprint density at radius 2 is 1.77 bits per heavy atom. The number of aliphatic hydroxyl groups is 3. The van der Waals surface area contributed by atoms with Gasteiger partial charge in [-0.15, -0.1) is 0 Å². The van der Waals surface area contributed by atoms with E-state index in [2.05, 4.69) is 0 Å². The molecule has 5 heteroatoms. The summed E-state index contributed by atoms with van der Waals surface area (Å²) in [5.74, 6) is 0. The van der Waals surface area contributed by atoms with Gasteiger partial charge in [0.2, 0.25) is 0 Å². The van der Waals surface area contributed by atoms with Crippen LogP contribution in [0.3, 0.4) is 0 Å². The Morgan fingerprint density at radius 3 is 2.38 bits per heavy atom. The van der Waals surface area contributed by atoms with Crippen molar-refractivity contribution in [2.24, 2.45) is 0 Å². The molecule has 3 N–H and O–H groups in total. The van der Waals surface area contributed by atoms with Gasteiger partial charge >= 0.3 is 0 Å². The van der Waals surface area contributed by atoms with Crippen molar-refractivity contribution in [1.29, 1.82) is 0 Å². The van der Waals surface area contributed by atoms with Gasteiger partial charge in [-0.2, -0.15) is 0 Å². The van der Waals surface area contributed by atoms with Crippen molar-refractivity contribution < 1.29 is 24.8 Å². The zero-order valence-electron chi connectivity index (χ0n) is 7.69. The van der Waals surface area contributed by atoms with E-state index in [0.717, 1.165) is 0 Å². The summed E-state index contributed by atoms with van der Waals surface area (Å²) in [4.78, 5) is 0. The maximum Gasteiger partial charge on any atom is 0.178 e. The van der Waals surface area contributed by atoms with Crippen molar-refractivity contribution >= 4 is 0 Å². The van der Waals surface area contributed by atoms with Gasteiger partial charge in [0.15, 0.2) is 6.29 Å². The minimum absolute atomic E-state index is 0.0583. The zero-order valence-corrected chi connectivity index (χ0v) is 7.69. The minimum Gasteiger partial charge on any atom is -0.396 e. The molecule has 0 aliphatic carbocycles. The fourth-order valence-corrected chi connectivity index (χ4v) is 0.730. The van der Waals surface area contributed by atoms with Crippen LogP contribution in [0.5, 0.6) is 0 Å². The van der Waals surface area contributed by atoms with Crippen molar-refractivity contribution in [1.82, 2.24) is 0 Å². The van der Waals surface area contributed by atoms with Crippen LogP contribution in [0, 0.1) is 0 Å². The van der Waals surface area contributed by atoms with Crippen molar-refractivity contribution in [2.75, 3.05) is 33.0 Å². The smallest absolute Gasteiger partial charge is 0.178 e. The van der Waals surface area contributed by atoms with Gasteiger partial charge in [0.25, 0.3) is 0 Å². The zero-order chi connectivity index (χ0) is 9.94. The van der Waals surface area contributed by atoms with E-state index in [9.17, 15) is 0 Å². The van der Waals surface area contributed by atoms with Crippen molar-refractivity contribution in [3.05, 3.63) is 0 Å². The molecule has 0 heterocycles. The number of hydrogen-bond donors (Lipinski definition) is 3. The van der Waals surface area contributed by atoms with Gasteiger partial charge in [-0.05, 0) is 12.8 Å². The molecule has 80 valence electrons. The number of unbranched alkanes of at least 4 members (excludes halogenated alkanes) is 1. The lowest BCUT2D eigenvalue weighted by atomic mass is 10.3. The van der Waals surface area contributed by atoms with Gasteiger partial charge in [-0.1, -0.05) is 0 Å². The summed E-state index contributed by atoms with van der Waals surface area (Å²) in [6, 6.07) is 0. The van der Waals surface area contributed by atoms with Gasteiger partial charge in [-0.3, -0.25) is 0 Å². The van der Waals surface area contributed by atoms with Gasteiger partial charge in [0.1, 0.15) is 0 Å². The third-order valence-electron chi connectivity index (χ3n) is 1.36. The Balaban J connectivity index is 3.05. The van der Waals surface area contributed by atoms with E-state index < -0.39 is 6.29 Å². The van der Waals surface area contributed by atoms with Crippen LogP contribution in [0.2, 0.25) is 0 Å². The predicted molar refractivity (Wildman–Crippen MR) is 46.2 cm³/mol. The largest absolute Gasteiger partial charge is 0.396 e. The molecule has 0 aromatic rings. The number of hydrogen-bond acceptors (Lipinski definition) is 5. The van der Waals surface area contributed by atoms with E-state index in [4.69, 9.17) is 24.8 Å². The average molecular weight is 194 g/mol. The molecule has 0 saturated heterocycles. The fourth-order valence-electron chi connectivity index (χ4n) is 0.730. The van der Waals surface area contributed by atoms with Crippen molar-refractivity contribution in [3.8, 4) is 0 Å². The predicted octanol–water partition coefficient (Wildman–Crippen LogP) is -0.897. The van der Waals surface area contributed by atoms with E-state index in [1.54, 1.807) is 0 Å². The first-order valence-corrected chi connectivity index (χ1v) is 4.40. The second-order valence-electron chi connectivity index (χ2n) is 2.55. The van der Waals surface area contributed by atoms with Gasteiger partial charge in [0.05, 0.1) is 19.8 Å². The van der Waals surface area contributed by atoms with E-state index >= 15 is 0 Å². The molecule has 13 heavy (non-hydrogen) atoms. The molecular formula is C8H18O5. The molecule has 0 amide bonds. The van der Waals surface area contributed by atoms with E-state index in [1.807, 2.05) is 0 Å². The topological polar surface area (TPSA) is 79.2 Å². The lowest BCUT2D eigenvalue weighted by Crippen LogP contribution is -2.20. The van der Waals surface area contributed by atoms with Gasteiger partial charge in [-0.25, -0.2) is 0 Å². The highest BCUT2D eigenvalue weighted by atomic mass is 16.6. The summed E-state index contributed by atoms with van der Waals surface area (Å²) in [5, 5.41) is 25.9. The van der Waals surface area contributed by atoms with E-state index in [-0.39, 0.29) is 26.4 Å². The van der Waals surface area contributed by atoms with Crippen molar-refractivity contribution in [2.45, 2.75) is 19.1 Å². The Bertz CT molecular complexity index is 98.5. The second-order valence-corrected chi connectivity index (χ2v) is 2.55. The van der Waals surface area contributed by atoms with Crippen LogP contribution in [0.15, 0.2) is 0 Å². The molecule has 0 bridgehead atoms. The van der Waals surface area contributed by atoms with Crippen LogP contribution < -0.4 is 0 Å². The molecule has 0 aromatic carbocycles. The monoisotopic (exact) mass is 194 g/mol. The summed E-state index contributed by atoms with van der Waals surface area (Å²) in [6.07, 6.45) is 0.447. The first-order chi connectivity index (χ1) is 6.31. The Kier molecular flexibility index (Phi) is 9.73. The average Bonchev–Trinajstić information content (AvgIpc) is 2.13. The normalized spacial score (nSPS) is 13.2. The number of ether oxygens (including phenoxy) is 2. The van der Waals surface area contributed by atoms with Gasteiger partial charge in [0, 0.05) is 13.2 Å². The van der Waals surface area contributed by atoms with E-state index in [0.29, 0.717) is 19.4 Å². The van der Waals surface area contributed by atoms with Crippen LogP contribution in [-0.4, -0.2) is 54.6 Å². The third kappa shape index (κ3) is 9.72. The molecule has 0 rings (SSSR count). The molecule has 0 saturated carbocycles. The number of aliphatic hydroxyl groups excluding tert-OH is 3. The molecule has 0 radical (unpaired) electrons. The highest BCUT2D eigenvalue weighted by Gasteiger charge is 2.02. The first kappa shape index (κ1) is 12.8. The molecule has 1 atom stereocenters. The SMILES string of the molecule is OCCCCOC(O)COCCO. The summed E-state index contributed by atoms with van der Waals surface area (Å²) in [6.45, 7) is 0.763. The highest BCUT2D eigenvalue weighted by molar-refractivity contribution is 4.40. The summed E-state index contributed by atoms with van der Waals surface area (Å²) in [7, 11) is 0. The molecule has 0 fully saturated rings. The van der Waals surface area contributed by atoms with Crippen LogP contribution in [0.4, 0.5) is 0 Å². The molecule has 5 nitrogen and oxygen atoms in total. The Labute approximate surface area is 77.9 Å². The molecule has 0 spiro atoms. The first-order valence-electron chi connectivity index (χ1n) is 4.40. The summed E-state index contributed by atoms with van der Waals surface area (Å²) in [5.41, 5.74) is 0. The molecule has 0 aromatic heterocycles. The lowest BCUT2D eigenvalue weighted by Gasteiger charge is -2.11. The Morgan fingerprint density at radius 1 is 1.00 bits per heavy atom. The minimum atomic E-state index is -0.940. The number of rotatable bonds is 9. The van der Waals surface area contributed by atoms with Crippen LogP contribution in [0.1, 0.15) is 12.8 Å². The molecular weight excluding hydrogens is 176 g/mol. The standard InChI is InChI=1S/C8H18O5/c9-3-1-2-5-13-8(11)7-12-6-4-10/h8-11H,1-7H2. The van der Waals surface area contributed by atoms with Crippen LogP contribution in [0.25, 0.3) is 0 Å². The second kappa shape index (κ2) is 9.88. The molecule has 0 aliphatic rings. The molecule has 1 unspecified atom stereocenters. The van der Waals surface area contributed by atoms with Gasteiger partial charge < -0.3 is 24.8 Å². The van der Waals surface area contributed by atoms with Crippen LogP contribution >= 0.6 is 0 Å². The Hall–Kier alpha value is -0.200. The summed E-state index contributed by atoms with van der Waals surface area (Å²) >= 11 is 0. The van der Waals surface area contributed by atoms with Crippen molar-refractivity contribution in [3.63, 3.8) is 0 Å². The highest BCUT2D eigenvalue weighted by Crippen LogP contribution is 1.93. The maximum absolute atomic E-state index is 9.08. The maximum atomic E-state index is 9.08.